The van der Waals surface area contributed by atoms with Crippen LogP contribution in [0.5, 0.6) is 0 Å². The number of piperidine rings is 1. The second kappa shape index (κ2) is 4.73. The Morgan fingerprint density at radius 1 is 1.35 bits per heavy atom. The Bertz CT molecular complexity index is 413. The fourth-order valence-corrected chi connectivity index (χ4v) is 4.27. The lowest BCUT2D eigenvalue weighted by Crippen LogP contribution is -2.38. The monoisotopic (exact) mass is 313 g/mol. The van der Waals surface area contributed by atoms with Gasteiger partial charge in [-0.1, -0.05) is 15.9 Å². The average molecular weight is 314 g/mol. The number of thiophene rings is 1. The minimum Gasteiger partial charge on any atom is -0.338 e. The van der Waals surface area contributed by atoms with Crippen molar-refractivity contribution in [1.82, 2.24) is 4.90 Å². The molecule has 0 aromatic carbocycles. The summed E-state index contributed by atoms with van der Waals surface area (Å²) in [6, 6.07) is 2.13. The molecule has 0 N–H and O–H groups in total. The van der Waals surface area contributed by atoms with E-state index < -0.39 is 0 Å². The van der Waals surface area contributed by atoms with E-state index in [1.54, 1.807) is 11.3 Å². The number of rotatable bonds is 1. The number of amides is 1. The van der Waals surface area contributed by atoms with Gasteiger partial charge in [0.1, 0.15) is 0 Å². The van der Waals surface area contributed by atoms with Gasteiger partial charge in [0.05, 0.1) is 4.88 Å². The molecule has 2 heterocycles. The van der Waals surface area contributed by atoms with E-state index in [1.165, 1.54) is 29.7 Å². The van der Waals surface area contributed by atoms with E-state index in [2.05, 4.69) is 22.0 Å². The number of carbonyl (C=O) groups is 1. The van der Waals surface area contributed by atoms with Crippen molar-refractivity contribution in [1.29, 1.82) is 0 Å². The van der Waals surface area contributed by atoms with Gasteiger partial charge in [0, 0.05) is 22.8 Å². The van der Waals surface area contributed by atoms with Crippen molar-refractivity contribution in [2.24, 2.45) is 0 Å². The Morgan fingerprint density at radius 3 is 2.82 bits per heavy atom. The molecule has 0 spiro atoms. The van der Waals surface area contributed by atoms with E-state index in [0.29, 0.717) is 4.83 Å². The lowest BCUT2D eigenvalue weighted by Gasteiger charge is -2.29. The maximum atomic E-state index is 12.3. The smallest absolute Gasteiger partial charge is 0.263 e. The van der Waals surface area contributed by atoms with Gasteiger partial charge in [-0.2, -0.15) is 0 Å². The number of hydrogen-bond acceptors (Lipinski definition) is 2. The number of alkyl halides is 1. The van der Waals surface area contributed by atoms with E-state index in [4.69, 9.17) is 0 Å². The maximum Gasteiger partial charge on any atom is 0.263 e. The van der Waals surface area contributed by atoms with Gasteiger partial charge in [-0.3, -0.25) is 4.79 Å². The maximum absolute atomic E-state index is 12.3. The summed E-state index contributed by atoms with van der Waals surface area (Å²) in [6.07, 6.45) is 5.78. The number of hydrogen-bond donors (Lipinski definition) is 0. The summed E-state index contributed by atoms with van der Waals surface area (Å²) in [7, 11) is 0. The molecule has 1 saturated heterocycles. The molecule has 0 radical (unpaired) electrons. The van der Waals surface area contributed by atoms with E-state index in [1.807, 2.05) is 4.90 Å². The Balaban J connectivity index is 1.73. The first-order valence-corrected chi connectivity index (χ1v) is 8.02. The summed E-state index contributed by atoms with van der Waals surface area (Å²) in [4.78, 5) is 17.4. The van der Waals surface area contributed by atoms with E-state index in [-0.39, 0.29) is 5.91 Å². The van der Waals surface area contributed by atoms with Gasteiger partial charge in [-0.05, 0) is 43.7 Å². The Morgan fingerprint density at radius 2 is 2.12 bits per heavy atom. The molecule has 1 aliphatic carbocycles. The third kappa shape index (κ3) is 2.29. The van der Waals surface area contributed by atoms with Crippen molar-refractivity contribution in [3.8, 4) is 0 Å². The van der Waals surface area contributed by atoms with Crippen molar-refractivity contribution >= 4 is 33.2 Å². The molecule has 1 fully saturated rings. The fourth-order valence-electron chi connectivity index (χ4n) is 2.64. The zero-order valence-corrected chi connectivity index (χ0v) is 12.1. The van der Waals surface area contributed by atoms with Crippen LogP contribution in [0.3, 0.4) is 0 Å². The second-order valence-electron chi connectivity index (χ2n) is 4.88. The topological polar surface area (TPSA) is 20.3 Å². The van der Waals surface area contributed by atoms with E-state index in [9.17, 15) is 4.79 Å². The number of likely N-dealkylation sites (tertiary alicyclic amines) is 1. The number of nitrogens with zero attached hydrogens (tertiary/aromatic N) is 1. The van der Waals surface area contributed by atoms with Crippen LogP contribution in [-0.4, -0.2) is 28.7 Å². The predicted molar refractivity (Wildman–Crippen MR) is 74.2 cm³/mol. The van der Waals surface area contributed by atoms with Crippen LogP contribution in [0.4, 0.5) is 0 Å². The second-order valence-corrected chi connectivity index (χ2v) is 7.31. The van der Waals surface area contributed by atoms with Crippen molar-refractivity contribution < 1.29 is 4.79 Å². The summed E-state index contributed by atoms with van der Waals surface area (Å²) in [5, 5.41) is 0. The van der Waals surface area contributed by atoms with Gasteiger partial charge in [0.25, 0.3) is 5.91 Å². The van der Waals surface area contributed by atoms with E-state index >= 15 is 0 Å². The van der Waals surface area contributed by atoms with E-state index in [0.717, 1.165) is 30.8 Å². The molecule has 1 aliphatic heterocycles. The van der Waals surface area contributed by atoms with Crippen LogP contribution in [-0.2, 0) is 12.8 Å². The normalized spacial score (nSPS) is 20.6. The SMILES string of the molecule is O=C(c1cc2c(s1)CCC2)N1CCC(Br)CC1. The first kappa shape index (κ1) is 11.7. The lowest BCUT2D eigenvalue weighted by molar-refractivity contribution is 0.0733. The van der Waals surface area contributed by atoms with Crippen molar-refractivity contribution in [2.45, 2.75) is 36.9 Å². The zero-order valence-electron chi connectivity index (χ0n) is 9.75. The third-order valence-electron chi connectivity index (χ3n) is 3.67. The standard InChI is InChI=1S/C13H16BrNOS/c14-10-4-6-15(7-5-10)13(16)12-8-9-2-1-3-11(9)17-12/h8,10H,1-7H2. The summed E-state index contributed by atoms with van der Waals surface area (Å²) in [5.74, 6) is 0.254. The molecule has 1 aromatic rings. The summed E-state index contributed by atoms with van der Waals surface area (Å²) in [6.45, 7) is 1.80. The van der Waals surface area contributed by atoms with Crippen LogP contribution >= 0.6 is 27.3 Å². The molecule has 4 heteroatoms. The molecular weight excluding hydrogens is 298 g/mol. The van der Waals surface area contributed by atoms with Crippen molar-refractivity contribution in [2.75, 3.05) is 13.1 Å². The van der Waals surface area contributed by atoms with Crippen LogP contribution in [0.25, 0.3) is 0 Å². The molecular formula is C13H16BrNOS. The third-order valence-corrected chi connectivity index (χ3v) is 5.81. The molecule has 2 aliphatic rings. The molecule has 2 nitrogen and oxygen atoms in total. The highest BCUT2D eigenvalue weighted by Gasteiger charge is 2.25. The van der Waals surface area contributed by atoms with Gasteiger partial charge in [-0.25, -0.2) is 0 Å². The molecule has 1 aromatic heterocycles. The Hall–Kier alpha value is -0.350. The van der Waals surface area contributed by atoms with Gasteiger partial charge in [-0.15, -0.1) is 11.3 Å². The molecule has 0 unspecified atom stereocenters. The molecule has 17 heavy (non-hydrogen) atoms. The number of fused-ring (bicyclic) bond motifs is 1. The lowest BCUT2D eigenvalue weighted by atomic mass is 10.1. The largest absolute Gasteiger partial charge is 0.338 e. The summed E-state index contributed by atoms with van der Waals surface area (Å²) < 4.78 is 0. The van der Waals surface area contributed by atoms with Crippen molar-refractivity contribution in [3.63, 3.8) is 0 Å². The van der Waals surface area contributed by atoms with Gasteiger partial charge < -0.3 is 4.90 Å². The predicted octanol–water partition coefficient (Wildman–Crippen LogP) is 3.24. The fraction of sp³-hybridized carbons (Fsp3) is 0.615. The molecule has 0 bridgehead atoms. The first-order valence-electron chi connectivity index (χ1n) is 6.29. The van der Waals surface area contributed by atoms with Crippen LogP contribution < -0.4 is 0 Å². The first-order chi connectivity index (χ1) is 8.24. The highest BCUT2D eigenvalue weighted by Crippen LogP contribution is 2.31. The van der Waals surface area contributed by atoms with Crippen LogP contribution in [0.1, 0.15) is 39.4 Å². The summed E-state index contributed by atoms with van der Waals surface area (Å²) >= 11 is 5.34. The molecule has 1 amide bonds. The molecule has 0 atom stereocenters. The zero-order chi connectivity index (χ0) is 11.8. The molecule has 3 rings (SSSR count). The number of halogens is 1. The van der Waals surface area contributed by atoms with Crippen LogP contribution in [0, 0.1) is 0 Å². The Kier molecular flexibility index (Phi) is 3.26. The highest BCUT2D eigenvalue weighted by molar-refractivity contribution is 9.09. The minimum atomic E-state index is 0.254. The molecule has 92 valence electrons. The Labute approximate surface area is 114 Å². The van der Waals surface area contributed by atoms with Gasteiger partial charge in [0.2, 0.25) is 0 Å². The minimum absolute atomic E-state index is 0.254. The average Bonchev–Trinajstić information content (AvgIpc) is 2.89. The number of aryl methyl sites for hydroxylation is 2. The van der Waals surface area contributed by atoms with Gasteiger partial charge >= 0.3 is 0 Å². The highest BCUT2D eigenvalue weighted by atomic mass is 79.9. The van der Waals surface area contributed by atoms with Gasteiger partial charge in [0.15, 0.2) is 0 Å². The number of carbonyl (C=O) groups excluding carboxylic acids is 1. The van der Waals surface area contributed by atoms with Crippen LogP contribution in [0.15, 0.2) is 6.07 Å². The van der Waals surface area contributed by atoms with Crippen LogP contribution in [0.2, 0.25) is 0 Å². The molecule has 0 saturated carbocycles. The van der Waals surface area contributed by atoms with Crippen molar-refractivity contribution in [3.05, 3.63) is 21.4 Å². The summed E-state index contributed by atoms with van der Waals surface area (Å²) in [5.41, 5.74) is 1.42. The quantitative estimate of drug-likeness (QED) is 0.729.